The highest BCUT2D eigenvalue weighted by atomic mass is 35.5. The lowest BCUT2D eigenvalue weighted by Crippen LogP contribution is -2.35. The highest BCUT2D eigenvalue weighted by molar-refractivity contribution is 6.31. The molecule has 6 heteroatoms. The molecule has 0 fully saturated rings. The maximum absolute atomic E-state index is 11.7. The zero-order valence-corrected chi connectivity index (χ0v) is 10.6. The summed E-state index contributed by atoms with van der Waals surface area (Å²) in [5.41, 5.74) is 0.342. The van der Waals surface area contributed by atoms with Gasteiger partial charge >= 0.3 is 0 Å². The first-order valence-electron chi connectivity index (χ1n) is 4.83. The van der Waals surface area contributed by atoms with E-state index < -0.39 is 12.1 Å². The van der Waals surface area contributed by atoms with Crippen LogP contribution in [0.15, 0.2) is 24.3 Å². The molecule has 0 bridgehead atoms. The monoisotopic (exact) mass is 282 g/mol. The minimum Gasteiger partial charge on any atom is -0.332 e. The number of ether oxygens (including phenoxy) is 1. The lowest BCUT2D eigenvalue weighted by Gasteiger charge is -2.10. The number of nitriles is 1. The fraction of sp³-hybridized carbons (Fsp3) is 0.167. The molecule has 4 nitrogen and oxygen atoms in total. The summed E-state index contributed by atoms with van der Waals surface area (Å²) >= 11 is 10.9. The Kier molecular flexibility index (Phi) is 6.04. The molecule has 18 heavy (non-hydrogen) atoms. The molecule has 0 aliphatic rings. The summed E-state index contributed by atoms with van der Waals surface area (Å²) in [6.45, 7) is -0.0441. The second-order valence-electron chi connectivity index (χ2n) is 3.08. The van der Waals surface area contributed by atoms with Gasteiger partial charge in [-0.05, 0) is 29.8 Å². The Labute approximate surface area is 114 Å². The lowest BCUT2D eigenvalue weighted by molar-refractivity contribution is 0.0685. The van der Waals surface area contributed by atoms with Crippen LogP contribution in [0.2, 0.25) is 5.02 Å². The molecule has 0 saturated heterocycles. The highest BCUT2D eigenvalue weighted by Crippen LogP contribution is 2.10. The molecule has 0 saturated carbocycles. The van der Waals surface area contributed by atoms with E-state index in [1.54, 1.807) is 24.3 Å². The van der Waals surface area contributed by atoms with Crippen molar-refractivity contribution in [2.45, 2.75) is 6.23 Å². The first-order valence-corrected chi connectivity index (χ1v) is 5.59. The third kappa shape index (κ3) is 4.65. The Morgan fingerprint density at radius 1 is 1.56 bits per heavy atom. The summed E-state index contributed by atoms with van der Waals surface area (Å²) in [6.07, 6.45) is -1.09. The molecule has 0 spiro atoms. The molecular formula is C12H8Cl2N2O2. The second kappa shape index (κ2) is 7.58. The molecule has 0 aliphatic carbocycles. The third-order valence-corrected chi connectivity index (χ3v) is 2.22. The van der Waals surface area contributed by atoms with Crippen molar-refractivity contribution in [1.82, 2.24) is 5.32 Å². The van der Waals surface area contributed by atoms with Gasteiger partial charge in [0.1, 0.15) is 12.7 Å². The standard InChI is InChI=1S/C12H8Cl2N2O2/c13-5-2-6-18-11(8-15)16-12(17)9-3-1-4-10(14)7-9/h1,3-4,7,11H,6H2,(H,16,17). The number of hydrogen-bond acceptors (Lipinski definition) is 3. The number of carbonyl (C=O) groups excluding carboxylic acids is 1. The summed E-state index contributed by atoms with van der Waals surface area (Å²) in [7, 11) is 0. The molecule has 1 amide bonds. The molecule has 1 atom stereocenters. The van der Waals surface area contributed by atoms with Gasteiger partial charge in [-0.3, -0.25) is 4.79 Å². The van der Waals surface area contributed by atoms with Crippen LogP contribution >= 0.6 is 23.2 Å². The molecule has 0 aromatic heterocycles. The summed E-state index contributed by atoms with van der Waals surface area (Å²) in [4.78, 5) is 11.7. The van der Waals surface area contributed by atoms with Gasteiger partial charge < -0.3 is 10.1 Å². The molecule has 1 aromatic rings. The second-order valence-corrected chi connectivity index (χ2v) is 3.70. The smallest absolute Gasteiger partial charge is 0.254 e. The summed E-state index contributed by atoms with van der Waals surface area (Å²) in [5, 5.41) is 13.7. The van der Waals surface area contributed by atoms with Crippen molar-refractivity contribution in [3.63, 3.8) is 0 Å². The lowest BCUT2D eigenvalue weighted by atomic mass is 10.2. The van der Waals surface area contributed by atoms with E-state index in [9.17, 15) is 4.79 Å². The summed E-state index contributed by atoms with van der Waals surface area (Å²) in [5.74, 6) is 1.95. The van der Waals surface area contributed by atoms with E-state index in [4.69, 9.17) is 33.2 Å². The van der Waals surface area contributed by atoms with Crippen molar-refractivity contribution in [3.8, 4) is 17.4 Å². The maximum atomic E-state index is 11.7. The van der Waals surface area contributed by atoms with Crippen LogP contribution in [0.25, 0.3) is 0 Å². The van der Waals surface area contributed by atoms with Gasteiger partial charge in [-0.1, -0.05) is 23.6 Å². The summed E-state index contributed by atoms with van der Waals surface area (Å²) in [6, 6.07) is 8.13. The fourth-order valence-electron chi connectivity index (χ4n) is 1.10. The number of nitrogens with one attached hydrogen (secondary N) is 1. The Balaban J connectivity index is 2.62. The van der Waals surface area contributed by atoms with Crippen LogP contribution in [0.5, 0.6) is 0 Å². The summed E-state index contributed by atoms with van der Waals surface area (Å²) < 4.78 is 4.97. The van der Waals surface area contributed by atoms with Crippen molar-refractivity contribution in [3.05, 3.63) is 34.9 Å². The SMILES string of the molecule is N#CC(NC(=O)c1cccc(Cl)c1)OCC#CCl. The number of benzene rings is 1. The number of halogens is 2. The largest absolute Gasteiger partial charge is 0.332 e. The van der Waals surface area contributed by atoms with Crippen molar-refractivity contribution in [2.75, 3.05) is 6.61 Å². The zero-order chi connectivity index (χ0) is 13.4. The van der Waals surface area contributed by atoms with Crippen LogP contribution in [0.1, 0.15) is 10.4 Å². The van der Waals surface area contributed by atoms with E-state index >= 15 is 0 Å². The van der Waals surface area contributed by atoms with E-state index in [0.717, 1.165) is 0 Å². The van der Waals surface area contributed by atoms with E-state index in [0.29, 0.717) is 10.6 Å². The molecule has 0 heterocycles. The molecule has 1 aromatic carbocycles. The van der Waals surface area contributed by atoms with Crippen molar-refractivity contribution in [1.29, 1.82) is 5.26 Å². The number of rotatable bonds is 4. The van der Waals surface area contributed by atoms with Crippen LogP contribution < -0.4 is 5.32 Å². The number of carbonyl (C=O) groups is 1. The highest BCUT2D eigenvalue weighted by Gasteiger charge is 2.12. The first-order chi connectivity index (χ1) is 8.67. The molecule has 1 unspecified atom stereocenters. The van der Waals surface area contributed by atoms with Crippen LogP contribution in [0.4, 0.5) is 0 Å². The predicted octanol–water partition coefficient (Wildman–Crippen LogP) is 2.14. The fourth-order valence-corrected chi connectivity index (χ4v) is 1.34. The molecule has 0 aliphatic heterocycles. The Bertz CT molecular complexity index is 529. The van der Waals surface area contributed by atoms with Gasteiger partial charge in [0.05, 0.1) is 0 Å². The zero-order valence-electron chi connectivity index (χ0n) is 9.11. The van der Waals surface area contributed by atoms with Gasteiger partial charge in [0.2, 0.25) is 6.23 Å². The quantitative estimate of drug-likeness (QED) is 0.680. The van der Waals surface area contributed by atoms with Crippen LogP contribution in [0.3, 0.4) is 0 Å². The number of hydrogen-bond donors (Lipinski definition) is 1. The maximum Gasteiger partial charge on any atom is 0.254 e. The van der Waals surface area contributed by atoms with Crippen LogP contribution in [0, 0.1) is 22.6 Å². The predicted molar refractivity (Wildman–Crippen MR) is 67.9 cm³/mol. The van der Waals surface area contributed by atoms with Gasteiger partial charge in [-0.25, -0.2) is 0 Å². The minimum atomic E-state index is -1.09. The topological polar surface area (TPSA) is 62.1 Å². The van der Waals surface area contributed by atoms with E-state index in [2.05, 4.69) is 16.6 Å². The molecular weight excluding hydrogens is 275 g/mol. The normalized spacial score (nSPS) is 10.7. The van der Waals surface area contributed by atoms with Crippen LogP contribution in [-0.4, -0.2) is 18.7 Å². The van der Waals surface area contributed by atoms with E-state index in [-0.39, 0.29) is 6.61 Å². The van der Waals surface area contributed by atoms with Gasteiger partial charge in [-0.15, -0.1) is 0 Å². The van der Waals surface area contributed by atoms with Gasteiger partial charge in [0.25, 0.3) is 5.91 Å². The molecule has 1 N–H and O–H groups in total. The van der Waals surface area contributed by atoms with Crippen molar-refractivity contribution in [2.24, 2.45) is 0 Å². The molecule has 1 rings (SSSR count). The first kappa shape index (κ1) is 14.3. The third-order valence-electron chi connectivity index (χ3n) is 1.86. The van der Waals surface area contributed by atoms with E-state index in [1.807, 2.05) is 0 Å². The van der Waals surface area contributed by atoms with Gasteiger partial charge in [0.15, 0.2) is 0 Å². The van der Waals surface area contributed by atoms with Crippen molar-refractivity contribution >= 4 is 29.1 Å². The average molecular weight is 283 g/mol. The van der Waals surface area contributed by atoms with E-state index in [1.165, 1.54) is 6.07 Å². The Hall–Kier alpha value is -1.72. The Morgan fingerprint density at radius 2 is 2.33 bits per heavy atom. The van der Waals surface area contributed by atoms with Crippen molar-refractivity contribution < 1.29 is 9.53 Å². The van der Waals surface area contributed by atoms with Gasteiger partial charge in [-0.2, -0.15) is 5.26 Å². The molecule has 0 radical (unpaired) electrons. The average Bonchev–Trinajstić information content (AvgIpc) is 2.37. The van der Waals surface area contributed by atoms with Crippen LogP contribution in [-0.2, 0) is 4.74 Å². The number of amides is 1. The Morgan fingerprint density at radius 3 is 2.94 bits per heavy atom. The minimum absolute atomic E-state index is 0.0441. The van der Waals surface area contributed by atoms with Gasteiger partial charge in [0, 0.05) is 16.0 Å². The molecule has 92 valence electrons. The number of nitrogens with zero attached hydrogens (tertiary/aromatic N) is 1.